The van der Waals surface area contributed by atoms with Crippen molar-refractivity contribution in [3.05, 3.63) is 71.3 Å². The van der Waals surface area contributed by atoms with Gasteiger partial charge >= 0.3 is 0 Å². The van der Waals surface area contributed by atoms with Gasteiger partial charge in [0, 0.05) is 13.1 Å². The molecular weight excluding hydrogens is 368 g/mol. The summed E-state index contributed by atoms with van der Waals surface area (Å²) in [7, 11) is -3.34. The predicted octanol–water partition coefficient (Wildman–Crippen LogP) is 3.31. The highest BCUT2D eigenvalue weighted by Crippen LogP contribution is 2.39. The van der Waals surface area contributed by atoms with Crippen LogP contribution < -0.4 is 0 Å². The lowest BCUT2D eigenvalue weighted by atomic mass is 9.80. The Kier molecular flexibility index (Phi) is 4.77. The summed E-state index contributed by atoms with van der Waals surface area (Å²) < 4.78 is 29.1. The molecule has 2 bridgehead atoms. The predicted molar refractivity (Wildman–Crippen MR) is 112 cm³/mol. The maximum atomic E-state index is 13.6. The maximum absolute atomic E-state index is 13.6. The first-order valence-electron chi connectivity index (χ1n) is 10.5. The summed E-state index contributed by atoms with van der Waals surface area (Å²) in [5.74, 6) is 1.15. The van der Waals surface area contributed by atoms with Crippen LogP contribution in [0.4, 0.5) is 0 Å². The van der Waals surface area contributed by atoms with E-state index in [0.29, 0.717) is 18.2 Å². The van der Waals surface area contributed by atoms with Gasteiger partial charge in [-0.05, 0) is 60.9 Å². The van der Waals surface area contributed by atoms with Gasteiger partial charge in [-0.15, -0.1) is 0 Å². The van der Waals surface area contributed by atoms with Gasteiger partial charge in [-0.2, -0.15) is 4.31 Å². The molecule has 2 aromatic carbocycles. The molecule has 0 saturated carbocycles. The van der Waals surface area contributed by atoms with E-state index >= 15 is 0 Å². The molecule has 4 heterocycles. The first kappa shape index (κ1) is 18.3. The molecule has 3 fully saturated rings. The van der Waals surface area contributed by atoms with Gasteiger partial charge in [0.25, 0.3) is 0 Å². The van der Waals surface area contributed by atoms with Crippen LogP contribution in [0.15, 0.2) is 54.6 Å². The minimum absolute atomic E-state index is 0.211. The lowest BCUT2D eigenvalue weighted by molar-refractivity contribution is 0.0611. The molecule has 2 aromatic rings. The van der Waals surface area contributed by atoms with Gasteiger partial charge in [0.15, 0.2) is 0 Å². The zero-order valence-electron chi connectivity index (χ0n) is 16.2. The number of rotatable bonds is 4. The van der Waals surface area contributed by atoms with Gasteiger partial charge in [-0.3, -0.25) is 0 Å². The van der Waals surface area contributed by atoms with Crippen LogP contribution in [0.1, 0.15) is 35.6 Å². The van der Waals surface area contributed by atoms with Crippen LogP contribution >= 0.6 is 0 Å². The molecule has 6 rings (SSSR count). The molecule has 4 nitrogen and oxygen atoms in total. The number of nitrogens with zero attached hydrogens (tertiary/aromatic N) is 2. The fourth-order valence-electron chi connectivity index (χ4n) is 5.47. The van der Waals surface area contributed by atoms with E-state index in [-0.39, 0.29) is 12.0 Å². The molecule has 0 radical (unpaired) electrons. The minimum atomic E-state index is -3.34. The van der Waals surface area contributed by atoms with Crippen LogP contribution in [0.5, 0.6) is 0 Å². The summed E-state index contributed by atoms with van der Waals surface area (Å²) in [6.07, 6.45) is 3.11. The third kappa shape index (κ3) is 3.30. The Morgan fingerprint density at radius 2 is 1.61 bits per heavy atom. The summed E-state index contributed by atoms with van der Waals surface area (Å²) >= 11 is 0. The molecule has 0 spiro atoms. The smallest absolute Gasteiger partial charge is 0.215 e. The largest absolute Gasteiger partial charge is 0.303 e. The van der Waals surface area contributed by atoms with E-state index in [9.17, 15) is 8.42 Å². The van der Waals surface area contributed by atoms with Crippen molar-refractivity contribution in [3.63, 3.8) is 0 Å². The van der Waals surface area contributed by atoms with Crippen LogP contribution in [-0.4, -0.2) is 49.6 Å². The van der Waals surface area contributed by atoms with Gasteiger partial charge in [0.05, 0.1) is 11.8 Å². The van der Waals surface area contributed by atoms with Crippen LogP contribution in [0, 0.1) is 11.8 Å². The molecule has 5 heteroatoms. The average molecular weight is 397 g/mol. The third-order valence-electron chi connectivity index (χ3n) is 6.93. The summed E-state index contributed by atoms with van der Waals surface area (Å²) in [5.41, 5.74) is 3.47. The van der Waals surface area contributed by atoms with Crippen molar-refractivity contribution in [2.24, 2.45) is 11.8 Å². The number of piperidine rings is 3. The number of sulfonamides is 1. The van der Waals surface area contributed by atoms with E-state index in [2.05, 4.69) is 35.2 Å². The van der Waals surface area contributed by atoms with Gasteiger partial charge in [-0.1, -0.05) is 54.6 Å². The summed E-state index contributed by atoms with van der Waals surface area (Å²) in [5, 5.41) is 0. The molecule has 0 aliphatic carbocycles. The fourth-order valence-corrected chi connectivity index (χ4v) is 7.50. The molecule has 0 N–H and O–H groups in total. The zero-order chi connectivity index (χ0) is 19.1. The topological polar surface area (TPSA) is 40.6 Å². The fraction of sp³-hybridized carbons (Fsp3) is 0.478. The Hall–Kier alpha value is -1.69. The number of fused-ring (bicyclic) bond motifs is 4. The Bertz CT molecular complexity index is 936. The van der Waals surface area contributed by atoms with E-state index in [1.165, 1.54) is 5.56 Å². The van der Waals surface area contributed by atoms with Crippen molar-refractivity contribution in [1.29, 1.82) is 0 Å². The molecule has 3 saturated heterocycles. The first-order valence-corrected chi connectivity index (χ1v) is 12.1. The third-order valence-corrected chi connectivity index (χ3v) is 8.89. The van der Waals surface area contributed by atoms with Gasteiger partial charge < -0.3 is 4.90 Å². The maximum Gasteiger partial charge on any atom is 0.215 e. The highest BCUT2D eigenvalue weighted by molar-refractivity contribution is 7.89. The summed E-state index contributed by atoms with van der Waals surface area (Å²) in [6, 6.07) is 18.2. The van der Waals surface area contributed by atoms with Crippen LogP contribution in [0.3, 0.4) is 0 Å². The Balaban J connectivity index is 1.49. The van der Waals surface area contributed by atoms with Crippen molar-refractivity contribution >= 4 is 10.0 Å². The monoisotopic (exact) mass is 396 g/mol. The van der Waals surface area contributed by atoms with E-state index < -0.39 is 10.0 Å². The van der Waals surface area contributed by atoms with Crippen molar-refractivity contribution < 1.29 is 8.42 Å². The summed E-state index contributed by atoms with van der Waals surface area (Å²) in [6.45, 7) is 3.81. The Morgan fingerprint density at radius 1 is 0.893 bits per heavy atom. The molecule has 0 aromatic heterocycles. The highest BCUT2D eigenvalue weighted by atomic mass is 32.2. The quantitative estimate of drug-likeness (QED) is 0.796. The average Bonchev–Trinajstić information content (AvgIpc) is 2.74. The standard InChI is InChI=1S/C23H28N2O2S/c26-28(27,17-21-16-24-13-10-18(21)11-14-24)25-15-12-19-6-4-5-9-22(19)23(25)20-7-2-1-3-8-20/h1-9,18,21,23H,10-17H2/t21-,23-/m0/s1. The van der Waals surface area contributed by atoms with E-state index in [0.717, 1.165) is 50.0 Å². The van der Waals surface area contributed by atoms with Crippen LogP contribution in [0.2, 0.25) is 0 Å². The first-order chi connectivity index (χ1) is 13.6. The van der Waals surface area contributed by atoms with Gasteiger partial charge in [0.2, 0.25) is 10.0 Å². The normalized spacial score (nSPS) is 30.1. The number of benzene rings is 2. The molecular formula is C23H28N2O2S. The number of hydrogen-bond donors (Lipinski definition) is 0. The van der Waals surface area contributed by atoms with Crippen molar-refractivity contribution in [2.75, 3.05) is 31.9 Å². The number of hydrogen-bond acceptors (Lipinski definition) is 3. The van der Waals surface area contributed by atoms with Crippen molar-refractivity contribution in [3.8, 4) is 0 Å². The lowest BCUT2D eigenvalue weighted by Gasteiger charge is -2.45. The second-order valence-electron chi connectivity index (χ2n) is 8.55. The molecule has 0 unspecified atom stereocenters. The molecule has 4 aliphatic heterocycles. The molecule has 28 heavy (non-hydrogen) atoms. The second kappa shape index (κ2) is 7.29. The van der Waals surface area contributed by atoms with E-state index in [1.54, 1.807) is 4.31 Å². The zero-order valence-corrected chi connectivity index (χ0v) is 17.0. The Morgan fingerprint density at radius 3 is 2.32 bits per heavy atom. The molecule has 2 atom stereocenters. The van der Waals surface area contributed by atoms with Crippen LogP contribution in [0.25, 0.3) is 0 Å². The molecule has 4 aliphatic rings. The van der Waals surface area contributed by atoms with Gasteiger partial charge in [-0.25, -0.2) is 8.42 Å². The van der Waals surface area contributed by atoms with Crippen molar-refractivity contribution in [2.45, 2.75) is 25.3 Å². The summed E-state index contributed by atoms with van der Waals surface area (Å²) in [4.78, 5) is 2.44. The Labute approximate surface area is 168 Å². The molecule has 148 valence electrons. The minimum Gasteiger partial charge on any atom is -0.303 e. The van der Waals surface area contributed by atoms with Gasteiger partial charge in [0.1, 0.15) is 0 Å². The van der Waals surface area contributed by atoms with E-state index in [4.69, 9.17) is 0 Å². The lowest BCUT2D eigenvalue weighted by Crippen LogP contribution is -2.51. The van der Waals surface area contributed by atoms with Crippen LogP contribution in [-0.2, 0) is 16.4 Å². The van der Waals surface area contributed by atoms with E-state index in [1.807, 2.05) is 24.3 Å². The highest BCUT2D eigenvalue weighted by Gasteiger charge is 2.41. The SMILES string of the molecule is O=S(=O)(C[C@@H]1CN2CCC1CC2)N1CCc2ccccc2[C@@H]1c1ccccc1. The molecule has 0 amide bonds. The van der Waals surface area contributed by atoms with Crippen molar-refractivity contribution in [1.82, 2.24) is 9.21 Å². The second-order valence-corrected chi connectivity index (χ2v) is 10.5.